The maximum absolute atomic E-state index is 12.6. The Labute approximate surface area is 148 Å². The number of benzene rings is 1. The van der Waals surface area contributed by atoms with Crippen LogP contribution in [0.3, 0.4) is 0 Å². The summed E-state index contributed by atoms with van der Waals surface area (Å²) in [5.74, 6) is -0.0415. The van der Waals surface area contributed by atoms with Crippen molar-refractivity contribution in [2.75, 3.05) is 11.9 Å². The number of aryl methyl sites for hydroxylation is 1. The summed E-state index contributed by atoms with van der Waals surface area (Å²) in [6, 6.07) is 5.79. The lowest BCUT2D eigenvalue weighted by Crippen LogP contribution is -2.43. The molecule has 2 amide bonds. The lowest BCUT2D eigenvalue weighted by Gasteiger charge is -2.23. The number of aromatic nitrogens is 1. The third-order valence-corrected chi connectivity index (χ3v) is 4.23. The SMILES string of the molecule is Cc1cc(C(=O)N2CCC[C@H]2C(=O)Nc2cc(Cl)cc(Cl)c2)no1. The Kier molecular flexibility index (Phi) is 4.78. The predicted octanol–water partition coefficient (Wildman–Crippen LogP) is 3.53. The molecule has 1 aromatic carbocycles. The summed E-state index contributed by atoms with van der Waals surface area (Å²) in [4.78, 5) is 26.6. The van der Waals surface area contributed by atoms with Crippen LogP contribution in [0, 0.1) is 6.92 Å². The zero-order chi connectivity index (χ0) is 17.3. The van der Waals surface area contributed by atoms with E-state index in [1.54, 1.807) is 31.2 Å². The number of hydrogen-bond acceptors (Lipinski definition) is 4. The molecular formula is C16H15Cl2N3O3. The summed E-state index contributed by atoms with van der Waals surface area (Å²) in [6.07, 6.45) is 1.33. The summed E-state index contributed by atoms with van der Waals surface area (Å²) in [5, 5.41) is 7.34. The number of halogens is 2. The smallest absolute Gasteiger partial charge is 0.276 e. The van der Waals surface area contributed by atoms with Gasteiger partial charge in [-0.2, -0.15) is 0 Å². The maximum Gasteiger partial charge on any atom is 0.276 e. The maximum atomic E-state index is 12.6. The first kappa shape index (κ1) is 16.8. The van der Waals surface area contributed by atoms with Gasteiger partial charge in [-0.3, -0.25) is 9.59 Å². The molecule has 2 aromatic rings. The Hall–Kier alpha value is -2.05. The summed E-state index contributed by atoms with van der Waals surface area (Å²) in [7, 11) is 0. The number of rotatable bonds is 3. The molecule has 126 valence electrons. The molecule has 1 atom stereocenters. The van der Waals surface area contributed by atoms with Crippen molar-refractivity contribution in [2.45, 2.75) is 25.8 Å². The average Bonchev–Trinajstić information content (AvgIpc) is 3.14. The second kappa shape index (κ2) is 6.83. The Balaban J connectivity index is 1.75. The normalized spacial score (nSPS) is 17.1. The van der Waals surface area contributed by atoms with Crippen molar-refractivity contribution in [3.8, 4) is 0 Å². The number of likely N-dealkylation sites (tertiary alicyclic amines) is 1. The van der Waals surface area contributed by atoms with Crippen LogP contribution in [0.5, 0.6) is 0 Å². The minimum Gasteiger partial charge on any atom is -0.361 e. The Morgan fingerprint density at radius 2 is 1.96 bits per heavy atom. The number of nitrogens with zero attached hydrogens (tertiary/aromatic N) is 2. The minimum atomic E-state index is -0.563. The lowest BCUT2D eigenvalue weighted by atomic mass is 10.2. The van der Waals surface area contributed by atoms with Crippen molar-refractivity contribution < 1.29 is 14.1 Å². The van der Waals surface area contributed by atoms with Gasteiger partial charge in [-0.25, -0.2) is 0 Å². The van der Waals surface area contributed by atoms with Gasteiger partial charge in [-0.15, -0.1) is 0 Å². The summed E-state index contributed by atoms with van der Waals surface area (Å²) in [6.45, 7) is 2.21. The topological polar surface area (TPSA) is 75.4 Å². The van der Waals surface area contributed by atoms with Crippen molar-refractivity contribution in [2.24, 2.45) is 0 Å². The van der Waals surface area contributed by atoms with E-state index in [0.717, 1.165) is 6.42 Å². The van der Waals surface area contributed by atoms with Crippen LogP contribution >= 0.6 is 23.2 Å². The molecular weight excluding hydrogens is 353 g/mol. The molecule has 1 saturated heterocycles. The van der Waals surface area contributed by atoms with Crippen LogP contribution in [0.25, 0.3) is 0 Å². The van der Waals surface area contributed by atoms with E-state index in [2.05, 4.69) is 10.5 Å². The van der Waals surface area contributed by atoms with E-state index < -0.39 is 6.04 Å². The quantitative estimate of drug-likeness (QED) is 0.899. The predicted molar refractivity (Wildman–Crippen MR) is 90.4 cm³/mol. The van der Waals surface area contributed by atoms with Gasteiger partial charge in [-0.1, -0.05) is 28.4 Å². The van der Waals surface area contributed by atoms with Crippen LogP contribution in [-0.4, -0.2) is 34.5 Å². The number of carbonyl (C=O) groups excluding carboxylic acids is 2. The van der Waals surface area contributed by atoms with Crippen molar-refractivity contribution in [3.05, 3.63) is 45.8 Å². The average molecular weight is 368 g/mol. The highest BCUT2D eigenvalue weighted by atomic mass is 35.5. The first-order chi connectivity index (χ1) is 11.4. The first-order valence-corrected chi connectivity index (χ1v) is 8.21. The van der Waals surface area contributed by atoms with Gasteiger partial charge in [0.2, 0.25) is 5.91 Å². The molecule has 0 saturated carbocycles. The van der Waals surface area contributed by atoms with Crippen LogP contribution in [0.2, 0.25) is 10.0 Å². The third-order valence-electron chi connectivity index (χ3n) is 3.79. The second-order valence-corrected chi connectivity index (χ2v) is 6.50. The zero-order valence-electron chi connectivity index (χ0n) is 12.9. The van der Waals surface area contributed by atoms with Gasteiger partial charge in [0, 0.05) is 28.3 Å². The molecule has 2 heterocycles. The molecule has 0 spiro atoms. The minimum absolute atomic E-state index is 0.206. The fraction of sp³-hybridized carbons (Fsp3) is 0.312. The van der Waals surface area contributed by atoms with Gasteiger partial charge in [0.05, 0.1) is 0 Å². The molecule has 0 unspecified atom stereocenters. The summed E-state index contributed by atoms with van der Waals surface area (Å²) >= 11 is 11.9. The standard InChI is InChI=1S/C16H15Cl2N3O3/c1-9-5-13(20-24-9)16(23)21-4-2-3-14(21)15(22)19-12-7-10(17)6-11(18)8-12/h5-8,14H,2-4H2,1H3,(H,19,22)/t14-/m0/s1. The number of carbonyl (C=O) groups is 2. The van der Waals surface area contributed by atoms with Crippen molar-refractivity contribution in [1.82, 2.24) is 10.1 Å². The summed E-state index contributed by atoms with van der Waals surface area (Å²) < 4.78 is 4.94. The van der Waals surface area contributed by atoms with E-state index in [1.165, 1.54) is 4.90 Å². The van der Waals surface area contributed by atoms with E-state index in [0.29, 0.717) is 34.5 Å². The molecule has 1 fully saturated rings. The molecule has 1 N–H and O–H groups in total. The Morgan fingerprint density at radius 3 is 2.58 bits per heavy atom. The van der Waals surface area contributed by atoms with Crippen LogP contribution in [-0.2, 0) is 4.79 Å². The highest BCUT2D eigenvalue weighted by Gasteiger charge is 2.35. The largest absolute Gasteiger partial charge is 0.361 e. The second-order valence-electron chi connectivity index (χ2n) is 5.63. The molecule has 0 radical (unpaired) electrons. The van der Waals surface area contributed by atoms with Crippen molar-refractivity contribution in [3.63, 3.8) is 0 Å². The highest BCUT2D eigenvalue weighted by Crippen LogP contribution is 2.25. The molecule has 0 aliphatic carbocycles. The Morgan fingerprint density at radius 1 is 1.25 bits per heavy atom. The molecule has 1 aliphatic rings. The van der Waals surface area contributed by atoms with Gasteiger partial charge in [-0.05, 0) is 38.0 Å². The molecule has 6 nitrogen and oxygen atoms in total. The molecule has 1 aromatic heterocycles. The number of anilines is 1. The van der Waals surface area contributed by atoms with Gasteiger partial charge in [0.15, 0.2) is 5.69 Å². The Bertz CT molecular complexity index is 770. The van der Waals surface area contributed by atoms with Gasteiger partial charge in [0.1, 0.15) is 11.8 Å². The first-order valence-electron chi connectivity index (χ1n) is 7.45. The van der Waals surface area contributed by atoms with E-state index in [-0.39, 0.29) is 17.5 Å². The fourth-order valence-electron chi connectivity index (χ4n) is 2.75. The van der Waals surface area contributed by atoms with Gasteiger partial charge < -0.3 is 14.7 Å². The highest BCUT2D eigenvalue weighted by molar-refractivity contribution is 6.35. The van der Waals surface area contributed by atoms with E-state index in [4.69, 9.17) is 27.7 Å². The van der Waals surface area contributed by atoms with Crippen LogP contribution in [0.1, 0.15) is 29.1 Å². The molecule has 24 heavy (non-hydrogen) atoms. The number of amides is 2. The third kappa shape index (κ3) is 3.55. The molecule has 3 rings (SSSR count). The van der Waals surface area contributed by atoms with Crippen molar-refractivity contribution >= 4 is 40.7 Å². The molecule has 8 heteroatoms. The molecule has 1 aliphatic heterocycles. The lowest BCUT2D eigenvalue weighted by molar-refractivity contribution is -0.119. The monoisotopic (exact) mass is 367 g/mol. The van der Waals surface area contributed by atoms with Crippen LogP contribution < -0.4 is 5.32 Å². The van der Waals surface area contributed by atoms with E-state index in [1.807, 2.05) is 0 Å². The number of nitrogens with one attached hydrogen (secondary N) is 1. The van der Waals surface area contributed by atoms with Gasteiger partial charge in [0.25, 0.3) is 5.91 Å². The van der Waals surface area contributed by atoms with E-state index >= 15 is 0 Å². The van der Waals surface area contributed by atoms with E-state index in [9.17, 15) is 9.59 Å². The van der Waals surface area contributed by atoms with Crippen LogP contribution in [0.4, 0.5) is 5.69 Å². The van der Waals surface area contributed by atoms with Gasteiger partial charge >= 0.3 is 0 Å². The molecule has 0 bridgehead atoms. The number of hydrogen-bond donors (Lipinski definition) is 1. The van der Waals surface area contributed by atoms with Crippen molar-refractivity contribution in [1.29, 1.82) is 0 Å². The summed E-state index contributed by atoms with van der Waals surface area (Å²) in [5.41, 5.74) is 0.701. The van der Waals surface area contributed by atoms with Crippen LogP contribution in [0.15, 0.2) is 28.8 Å². The fourth-order valence-corrected chi connectivity index (χ4v) is 3.27. The zero-order valence-corrected chi connectivity index (χ0v) is 14.4.